The summed E-state index contributed by atoms with van der Waals surface area (Å²) in [6, 6.07) is 13.1. The molecule has 0 aliphatic carbocycles. The average molecular weight is 345 g/mol. The second-order valence-electron chi connectivity index (χ2n) is 6.18. The molecule has 1 saturated heterocycles. The van der Waals surface area contributed by atoms with Crippen molar-refractivity contribution in [1.82, 2.24) is 4.31 Å². The summed E-state index contributed by atoms with van der Waals surface area (Å²) in [6.45, 7) is 0.501. The summed E-state index contributed by atoms with van der Waals surface area (Å²) in [5.74, 6) is -0.431. The second-order valence-corrected chi connectivity index (χ2v) is 8.07. The third-order valence-electron chi connectivity index (χ3n) is 4.62. The largest absolute Gasteiger partial charge is 0.243 e. The maximum atomic E-state index is 13.1. The minimum absolute atomic E-state index is 0.152. The molecule has 126 valence electrons. The van der Waals surface area contributed by atoms with Gasteiger partial charge < -0.3 is 0 Å². The fourth-order valence-electron chi connectivity index (χ4n) is 3.29. The SMILES string of the molecule is BCc1cccc(C2CCCCN2S(=O)(=O)c2ccc(F)cc2)c1. The van der Waals surface area contributed by atoms with Crippen LogP contribution in [0.2, 0.25) is 0 Å². The van der Waals surface area contributed by atoms with Crippen LogP contribution in [0.3, 0.4) is 0 Å². The zero-order chi connectivity index (χ0) is 17.2. The van der Waals surface area contributed by atoms with Gasteiger partial charge in [-0.3, -0.25) is 0 Å². The van der Waals surface area contributed by atoms with Crippen molar-refractivity contribution in [3.8, 4) is 0 Å². The van der Waals surface area contributed by atoms with E-state index in [1.165, 1.54) is 29.8 Å². The molecule has 1 aliphatic heterocycles. The fraction of sp³-hybridized carbons (Fsp3) is 0.333. The van der Waals surface area contributed by atoms with Gasteiger partial charge in [-0.1, -0.05) is 42.6 Å². The topological polar surface area (TPSA) is 37.4 Å². The minimum atomic E-state index is -3.63. The average Bonchev–Trinajstić information content (AvgIpc) is 2.62. The van der Waals surface area contributed by atoms with Crippen LogP contribution in [-0.2, 0) is 16.3 Å². The summed E-state index contributed by atoms with van der Waals surface area (Å²) in [5.41, 5.74) is 2.25. The molecular weight excluding hydrogens is 324 g/mol. The molecule has 1 unspecified atom stereocenters. The molecule has 3 rings (SSSR count). The number of benzene rings is 2. The van der Waals surface area contributed by atoms with E-state index in [1.807, 2.05) is 12.1 Å². The third-order valence-corrected chi connectivity index (χ3v) is 6.54. The molecule has 0 spiro atoms. The Balaban J connectivity index is 1.98. The van der Waals surface area contributed by atoms with Crippen molar-refractivity contribution in [1.29, 1.82) is 0 Å². The summed E-state index contributed by atoms with van der Waals surface area (Å²) in [4.78, 5) is 0.155. The maximum absolute atomic E-state index is 13.1. The monoisotopic (exact) mass is 345 g/mol. The van der Waals surface area contributed by atoms with Crippen molar-refractivity contribution in [3.63, 3.8) is 0 Å². The van der Waals surface area contributed by atoms with Gasteiger partial charge in [0.15, 0.2) is 0 Å². The minimum Gasteiger partial charge on any atom is -0.207 e. The molecule has 1 aliphatic rings. The molecule has 1 atom stereocenters. The Labute approximate surface area is 144 Å². The molecule has 3 nitrogen and oxygen atoms in total. The van der Waals surface area contributed by atoms with Gasteiger partial charge in [0.2, 0.25) is 10.0 Å². The number of rotatable bonds is 4. The lowest BCUT2D eigenvalue weighted by molar-refractivity contribution is 0.256. The Hall–Kier alpha value is -1.66. The highest BCUT2D eigenvalue weighted by Gasteiger charge is 2.34. The van der Waals surface area contributed by atoms with Crippen LogP contribution in [0.15, 0.2) is 53.4 Å². The normalized spacial score (nSPS) is 19.3. The van der Waals surface area contributed by atoms with Crippen LogP contribution >= 0.6 is 0 Å². The fourth-order valence-corrected chi connectivity index (χ4v) is 4.97. The molecule has 2 aromatic carbocycles. The van der Waals surface area contributed by atoms with E-state index < -0.39 is 15.8 Å². The van der Waals surface area contributed by atoms with E-state index >= 15 is 0 Å². The molecule has 0 aromatic heterocycles. The van der Waals surface area contributed by atoms with E-state index in [-0.39, 0.29) is 10.9 Å². The summed E-state index contributed by atoms with van der Waals surface area (Å²) in [7, 11) is -1.54. The second kappa shape index (κ2) is 7.07. The lowest BCUT2D eigenvalue weighted by atomic mass is 9.91. The Bertz CT molecular complexity index is 808. The maximum Gasteiger partial charge on any atom is 0.243 e. The predicted molar refractivity (Wildman–Crippen MR) is 95.6 cm³/mol. The molecule has 1 fully saturated rings. The van der Waals surface area contributed by atoms with Gasteiger partial charge in [0, 0.05) is 6.54 Å². The smallest absolute Gasteiger partial charge is 0.207 e. The quantitative estimate of drug-likeness (QED) is 0.799. The van der Waals surface area contributed by atoms with Crippen LogP contribution in [0, 0.1) is 5.82 Å². The molecule has 0 N–H and O–H groups in total. The molecule has 0 amide bonds. The van der Waals surface area contributed by atoms with Gasteiger partial charge in [0.05, 0.1) is 10.9 Å². The zero-order valence-corrected chi connectivity index (χ0v) is 14.6. The number of halogens is 1. The van der Waals surface area contributed by atoms with Crippen LogP contribution in [0.25, 0.3) is 0 Å². The van der Waals surface area contributed by atoms with Crippen LogP contribution in [0.4, 0.5) is 4.39 Å². The summed E-state index contributed by atoms with van der Waals surface area (Å²) < 4.78 is 40.8. The Kier molecular flexibility index (Phi) is 5.06. The standard InChI is InChI=1S/C18H21BFNO2S/c19-13-14-4-3-5-15(12-14)18-6-1-2-11-21(18)24(22,23)17-9-7-16(20)8-10-17/h3-5,7-10,12,18H,1-2,6,11,13,19H2. The first-order chi connectivity index (χ1) is 11.5. The molecule has 0 bridgehead atoms. The van der Waals surface area contributed by atoms with Crippen molar-refractivity contribution in [2.24, 2.45) is 0 Å². The number of nitrogens with zero attached hydrogens (tertiary/aromatic N) is 1. The van der Waals surface area contributed by atoms with Gasteiger partial charge in [0.1, 0.15) is 13.7 Å². The van der Waals surface area contributed by atoms with Gasteiger partial charge in [-0.15, -0.1) is 0 Å². The van der Waals surface area contributed by atoms with E-state index in [2.05, 4.69) is 20.0 Å². The van der Waals surface area contributed by atoms with Crippen LogP contribution < -0.4 is 0 Å². The number of hydrogen-bond acceptors (Lipinski definition) is 2. The number of piperidine rings is 1. The molecule has 0 radical (unpaired) electrons. The van der Waals surface area contributed by atoms with Crippen molar-refractivity contribution in [3.05, 3.63) is 65.5 Å². The molecule has 24 heavy (non-hydrogen) atoms. The van der Waals surface area contributed by atoms with Gasteiger partial charge in [0.25, 0.3) is 0 Å². The molecule has 1 heterocycles. The first-order valence-electron chi connectivity index (χ1n) is 8.38. The highest BCUT2D eigenvalue weighted by molar-refractivity contribution is 7.89. The van der Waals surface area contributed by atoms with Crippen molar-refractivity contribution >= 4 is 17.9 Å². The molecule has 0 saturated carbocycles. The molecule has 2 aromatic rings. The van der Waals surface area contributed by atoms with Gasteiger partial charge in [-0.2, -0.15) is 4.31 Å². The van der Waals surface area contributed by atoms with Crippen LogP contribution in [0.5, 0.6) is 0 Å². The van der Waals surface area contributed by atoms with Crippen molar-refractivity contribution in [2.75, 3.05) is 6.54 Å². The van der Waals surface area contributed by atoms with E-state index in [0.29, 0.717) is 6.54 Å². The molecular formula is C18H21BFNO2S. The van der Waals surface area contributed by atoms with Crippen LogP contribution in [-0.4, -0.2) is 27.1 Å². The van der Waals surface area contributed by atoms with E-state index in [9.17, 15) is 12.8 Å². The highest BCUT2D eigenvalue weighted by atomic mass is 32.2. The third kappa shape index (κ3) is 3.40. The Morgan fingerprint density at radius 2 is 1.88 bits per heavy atom. The highest BCUT2D eigenvalue weighted by Crippen LogP contribution is 2.35. The summed E-state index contributed by atoms with van der Waals surface area (Å²) in [5, 5.41) is 0. The predicted octanol–water partition coefficient (Wildman–Crippen LogP) is 2.87. The lowest BCUT2D eigenvalue weighted by Crippen LogP contribution is -2.38. The van der Waals surface area contributed by atoms with Gasteiger partial charge in [-0.25, -0.2) is 12.8 Å². The van der Waals surface area contributed by atoms with Crippen molar-refractivity contribution < 1.29 is 12.8 Å². The van der Waals surface area contributed by atoms with Gasteiger partial charge in [-0.05, 0) is 42.7 Å². The molecule has 6 heteroatoms. The van der Waals surface area contributed by atoms with E-state index in [1.54, 1.807) is 4.31 Å². The zero-order valence-electron chi connectivity index (χ0n) is 13.8. The Morgan fingerprint density at radius 1 is 1.12 bits per heavy atom. The first kappa shape index (κ1) is 17.2. The van der Waals surface area contributed by atoms with E-state index in [4.69, 9.17) is 0 Å². The Morgan fingerprint density at radius 3 is 2.58 bits per heavy atom. The van der Waals surface area contributed by atoms with Crippen molar-refractivity contribution in [2.45, 2.75) is 36.5 Å². The van der Waals surface area contributed by atoms with Gasteiger partial charge >= 0.3 is 0 Å². The first-order valence-corrected chi connectivity index (χ1v) is 9.82. The summed E-state index contributed by atoms with van der Waals surface area (Å²) >= 11 is 0. The van der Waals surface area contributed by atoms with E-state index in [0.717, 1.165) is 31.1 Å². The lowest BCUT2D eigenvalue weighted by Gasteiger charge is -2.35. The summed E-state index contributed by atoms with van der Waals surface area (Å²) in [6.07, 6.45) is 3.60. The van der Waals surface area contributed by atoms with Crippen LogP contribution in [0.1, 0.15) is 36.4 Å². The number of hydrogen-bond donors (Lipinski definition) is 0. The number of sulfonamides is 1.